The molecule has 0 radical (unpaired) electrons. The lowest BCUT2D eigenvalue weighted by Gasteiger charge is -2.38. The van der Waals surface area contributed by atoms with Gasteiger partial charge in [0.1, 0.15) is 6.04 Å². The number of fused-ring (bicyclic) bond motifs is 1. The Balaban J connectivity index is 1.81. The largest absolute Gasteiger partial charge is 0.471 e. The van der Waals surface area contributed by atoms with Crippen LogP contribution in [0.15, 0.2) is 0 Å². The first kappa shape index (κ1) is 26.8. The fourth-order valence-electron chi connectivity index (χ4n) is 5.42. The molecule has 0 spiro atoms. The Kier molecular flexibility index (Phi) is 6.87. The number of nitrogens with zero attached hydrogens (tertiary/aromatic N) is 3. The number of piperidine rings is 1. The molecule has 0 aromatic rings. The standard InChI is InChI=1S/C23H32F3N5O4/c1-21(2,3)17(29-20(35)23(24,25)26)19(34)31-9-13-15(22(13,4)5)16(31)14(32)10-30(11-27)8-12-6-7-28-18(12)33/h12-13,15-17H,6-10H2,1-5H3,(H,28,33)(H,29,35)/t12-,13-,15-,16+,17+/m0/s1. The summed E-state index contributed by atoms with van der Waals surface area (Å²) in [5.41, 5.74) is -1.30. The van der Waals surface area contributed by atoms with Gasteiger partial charge in [-0.1, -0.05) is 34.6 Å². The molecule has 1 saturated carbocycles. The van der Waals surface area contributed by atoms with Crippen molar-refractivity contribution >= 4 is 23.5 Å². The highest BCUT2D eigenvalue weighted by Gasteiger charge is 2.69. The second kappa shape index (κ2) is 8.99. The maximum atomic E-state index is 13.5. The summed E-state index contributed by atoms with van der Waals surface area (Å²) in [6.07, 6.45) is -2.68. The average molecular weight is 500 g/mol. The number of halogens is 3. The second-order valence-electron chi connectivity index (χ2n) is 11.4. The highest BCUT2D eigenvalue weighted by molar-refractivity contribution is 5.96. The first-order chi connectivity index (χ1) is 16.0. The highest BCUT2D eigenvalue weighted by atomic mass is 19.4. The zero-order chi connectivity index (χ0) is 26.5. The Morgan fingerprint density at radius 1 is 1.29 bits per heavy atom. The molecule has 2 N–H and O–H groups in total. The summed E-state index contributed by atoms with van der Waals surface area (Å²) in [4.78, 5) is 52.9. The normalized spacial score (nSPS) is 28.0. The summed E-state index contributed by atoms with van der Waals surface area (Å²) in [6, 6.07) is -2.43. The van der Waals surface area contributed by atoms with Crippen molar-refractivity contribution in [3.05, 3.63) is 0 Å². The van der Waals surface area contributed by atoms with Gasteiger partial charge in [-0.05, 0) is 29.1 Å². The van der Waals surface area contributed by atoms with Crippen molar-refractivity contribution in [2.24, 2.45) is 28.6 Å². The number of alkyl halides is 3. The molecule has 0 bridgehead atoms. The lowest BCUT2D eigenvalue weighted by atomic mass is 9.85. The van der Waals surface area contributed by atoms with E-state index >= 15 is 0 Å². The SMILES string of the molecule is CC(C)(C)[C@H](NC(=O)C(F)(F)F)C(=O)N1C[C@H]2[C@@H]([C@H]1C(=O)CN(C#N)C[C@@H]1CCNC1=O)C2(C)C. The van der Waals surface area contributed by atoms with Gasteiger partial charge in [0.25, 0.3) is 0 Å². The second-order valence-corrected chi connectivity index (χ2v) is 11.4. The van der Waals surface area contributed by atoms with Gasteiger partial charge in [0.15, 0.2) is 12.0 Å². The number of Topliss-reactive ketones (excluding diaryl/α,β-unsaturated/α-hetero) is 1. The van der Waals surface area contributed by atoms with Crippen LogP contribution in [-0.4, -0.2) is 77.7 Å². The number of carbonyl (C=O) groups is 4. The molecule has 12 heteroatoms. The van der Waals surface area contributed by atoms with Crippen molar-refractivity contribution < 1.29 is 32.3 Å². The van der Waals surface area contributed by atoms with Gasteiger partial charge in [0.05, 0.1) is 18.5 Å². The van der Waals surface area contributed by atoms with E-state index in [0.29, 0.717) is 13.0 Å². The average Bonchev–Trinajstić information content (AvgIpc) is 3.10. The van der Waals surface area contributed by atoms with Gasteiger partial charge in [-0.3, -0.25) is 19.2 Å². The van der Waals surface area contributed by atoms with Crippen LogP contribution in [0.1, 0.15) is 41.0 Å². The van der Waals surface area contributed by atoms with Crippen LogP contribution in [0.3, 0.4) is 0 Å². The quantitative estimate of drug-likeness (QED) is 0.399. The molecule has 3 rings (SSSR count). The summed E-state index contributed by atoms with van der Waals surface area (Å²) in [5, 5.41) is 14.0. The number of carbonyl (C=O) groups excluding carboxylic acids is 4. The summed E-state index contributed by atoms with van der Waals surface area (Å²) in [5.74, 6) is -4.21. The van der Waals surface area contributed by atoms with E-state index < -0.39 is 47.2 Å². The molecule has 2 heterocycles. The minimum atomic E-state index is -5.16. The van der Waals surface area contributed by atoms with Gasteiger partial charge in [-0.2, -0.15) is 18.4 Å². The Bertz CT molecular complexity index is 952. The summed E-state index contributed by atoms with van der Waals surface area (Å²) < 4.78 is 38.8. The molecule has 194 valence electrons. The van der Waals surface area contributed by atoms with Crippen LogP contribution in [0.5, 0.6) is 0 Å². The van der Waals surface area contributed by atoms with Crippen molar-refractivity contribution in [2.75, 3.05) is 26.2 Å². The fourth-order valence-corrected chi connectivity index (χ4v) is 5.42. The molecule has 3 amide bonds. The van der Waals surface area contributed by atoms with E-state index in [2.05, 4.69) is 5.32 Å². The van der Waals surface area contributed by atoms with E-state index in [0.717, 1.165) is 0 Å². The van der Waals surface area contributed by atoms with E-state index in [1.807, 2.05) is 25.4 Å². The van der Waals surface area contributed by atoms with Gasteiger partial charge in [0, 0.05) is 19.6 Å². The molecule has 2 saturated heterocycles. The number of nitriles is 1. The first-order valence-electron chi connectivity index (χ1n) is 11.6. The zero-order valence-corrected chi connectivity index (χ0v) is 20.5. The van der Waals surface area contributed by atoms with E-state index in [4.69, 9.17) is 0 Å². The predicted octanol–water partition coefficient (Wildman–Crippen LogP) is 1.05. The Hall–Kier alpha value is -2.84. The molecule has 35 heavy (non-hydrogen) atoms. The van der Waals surface area contributed by atoms with Crippen molar-refractivity contribution in [3.63, 3.8) is 0 Å². The number of rotatable bonds is 7. The molecule has 5 atom stereocenters. The third-order valence-corrected chi connectivity index (χ3v) is 7.56. The van der Waals surface area contributed by atoms with Crippen LogP contribution in [-0.2, 0) is 19.2 Å². The van der Waals surface area contributed by atoms with Gasteiger partial charge in [-0.15, -0.1) is 0 Å². The molecular weight excluding hydrogens is 467 g/mol. The number of ketones is 1. The van der Waals surface area contributed by atoms with Crippen molar-refractivity contribution in [3.8, 4) is 6.19 Å². The molecule has 3 aliphatic rings. The molecule has 9 nitrogen and oxygen atoms in total. The minimum absolute atomic E-state index is 0.0181. The molecule has 1 aliphatic carbocycles. The fraction of sp³-hybridized carbons (Fsp3) is 0.783. The molecule has 2 aliphatic heterocycles. The number of nitrogens with one attached hydrogen (secondary N) is 2. The summed E-state index contributed by atoms with van der Waals surface area (Å²) in [7, 11) is 0. The van der Waals surface area contributed by atoms with Crippen LogP contribution in [0, 0.1) is 40.0 Å². The van der Waals surface area contributed by atoms with Gasteiger partial charge in [-0.25, -0.2) is 0 Å². The smallest absolute Gasteiger partial charge is 0.356 e. The van der Waals surface area contributed by atoms with Crippen LogP contribution in [0.25, 0.3) is 0 Å². The van der Waals surface area contributed by atoms with Crippen molar-refractivity contribution in [1.29, 1.82) is 5.26 Å². The molecular formula is C23H32F3N5O4. The third kappa shape index (κ3) is 5.23. The van der Waals surface area contributed by atoms with Crippen molar-refractivity contribution in [2.45, 2.75) is 59.3 Å². The van der Waals surface area contributed by atoms with Gasteiger partial charge in [0.2, 0.25) is 11.8 Å². The van der Waals surface area contributed by atoms with E-state index in [9.17, 15) is 37.6 Å². The van der Waals surface area contributed by atoms with Crippen LogP contribution < -0.4 is 10.6 Å². The van der Waals surface area contributed by atoms with Crippen LogP contribution in [0.2, 0.25) is 0 Å². The van der Waals surface area contributed by atoms with Crippen molar-refractivity contribution in [1.82, 2.24) is 20.4 Å². The summed E-state index contributed by atoms with van der Waals surface area (Å²) in [6.45, 7) is 8.96. The van der Waals surface area contributed by atoms with E-state index in [-0.39, 0.29) is 42.8 Å². The van der Waals surface area contributed by atoms with E-state index in [1.54, 1.807) is 0 Å². The predicted molar refractivity (Wildman–Crippen MR) is 117 cm³/mol. The highest BCUT2D eigenvalue weighted by Crippen LogP contribution is 2.65. The number of amides is 3. The maximum absolute atomic E-state index is 13.5. The number of hydrogen-bond acceptors (Lipinski definition) is 6. The molecule has 0 aromatic heterocycles. The minimum Gasteiger partial charge on any atom is -0.356 e. The summed E-state index contributed by atoms with van der Waals surface area (Å²) >= 11 is 0. The molecule has 0 aromatic carbocycles. The Labute approximate surface area is 202 Å². The van der Waals surface area contributed by atoms with Gasteiger partial charge < -0.3 is 20.4 Å². The Morgan fingerprint density at radius 2 is 1.91 bits per heavy atom. The molecule has 3 fully saturated rings. The number of likely N-dealkylation sites (tertiary alicyclic amines) is 1. The lowest BCUT2D eigenvalue weighted by Crippen LogP contribution is -2.60. The third-order valence-electron chi connectivity index (χ3n) is 7.56. The topological polar surface area (TPSA) is 123 Å². The van der Waals surface area contributed by atoms with Gasteiger partial charge >= 0.3 is 12.1 Å². The van der Waals surface area contributed by atoms with Crippen LogP contribution >= 0.6 is 0 Å². The monoisotopic (exact) mass is 499 g/mol. The molecule has 0 unspecified atom stereocenters. The Morgan fingerprint density at radius 3 is 2.40 bits per heavy atom. The lowest BCUT2D eigenvalue weighted by molar-refractivity contribution is -0.176. The maximum Gasteiger partial charge on any atom is 0.471 e. The zero-order valence-electron chi connectivity index (χ0n) is 20.5. The van der Waals surface area contributed by atoms with E-state index in [1.165, 1.54) is 30.6 Å². The number of hydrogen-bond donors (Lipinski definition) is 2. The van der Waals surface area contributed by atoms with Crippen LogP contribution in [0.4, 0.5) is 13.2 Å². The first-order valence-corrected chi connectivity index (χ1v) is 11.6.